The first-order chi connectivity index (χ1) is 34.1. The minimum absolute atomic E-state index is 0.0145. The molecule has 0 aromatic carbocycles. The van der Waals surface area contributed by atoms with Crippen molar-refractivity contribution < 1.29 is 73.0 Å². The minimum atomic E-state index is -2.61. The van der Waals surface area contributed by atoms with Crippen molar-refractivity contribution in [1.29, 1.82) is 0 Å². The number of cyclic esters (lactones) is 1. The number of amides is 2. The molecule has 0 unspecified atom stereocenters. The van der Waals surface area contributed by atoms with Crippen molar-refractivity contribution in [2.24, 2.45) is 35.5 Å². The number of fused-ring (bicyclic) bond motifs is 3. The zero-order chi connectivity index (χ0) is 53.4. The highest BCUT2D eigenvalue weighted by Gasteiger charge is 2.53. The largest absolute Gasteiger partial charge is 0.460 e. The van der Waals surface area contributed by atoms with Crippen molar-refractivity contribution in [1.82, 2.24) is 9.96 Å². The van der Waals surface area contributed by atoms with Crippen LogP contribution in [0.25, 0.3) is 0 Å². The molecule has 3 fully saturated rings. The summed E-state index contributed by atoms with van der Waals surface area (Å²) in [5.74, 6) is -8.92. The highest BCUT2D eigenvalue weighted by molar-refractivity contribution is 6.39. The van der Waals surface area contributed by atoms with E-state index >= 15 is 0 Å². The molecule has 17 nitrogen and oxygen atoms in total. The molecule has 17 heteroatoms. The molecule has 1 saturated carbocycles. The molecule has 0 radical (unpaired) electrons. The average molecular weight is 1020 g/mol. The van der Waals surface area contributed by atoms with Gasteiger partial charge in [-0.25, -0.2) is 9.59 Å². The van der Waals surface area contributed by atoms with Gasteiger partial charge in [0.1, 0.15) is 30.1 Å². The van der Waals surface area contributed by atoms with Crippen molar-refractivity contribution >= 4 is 35.3 Å². The van der Waals surface area contributed by atoms with E-state index in [4.69, 9.17) is 23.7 Å². The summed E-state index contributed by atoms with van der Waals surface area (Å²) in [6, 6.07) is -2.26. The molecule has 72 heavy (non-hydrogen) atoms. The Kier molecular flexibility index (Phi) is 24.0. The number of ketones is 3. The first kappa shape index (κ1) is 60.5. The SMILES string of the molecule is CCCCOC(=O)N(O)[C@@H]1C[C@@H]2CC[C@@H](C)[C@@](O)(O2)C(=O)C(=O)N2CCCC[C@H]2C(=O)O[C@H]([C@H](C)C[C@@H]2CC[C@@H](O)[C@H](OC)C2)CC(=O)[C@H](C)/C=C(\C)[C@@H](O)[C@@H](OC)C(=O)[C@H](C)C[C@H](C)/C=C/C=C/C=C/1C. The number of aliphatic hydroxyl groups is 3. The van der Waals surface area contributed by atoms with E-state index < -0.39 is 89.9 Å². The lowest BCUT2D eigenvalue weighted by atomic mass is 9.78. The molecule has 2 bridgehead atoms. The Bertz CT molecular complexity index is 1970. The standard InChI is InChI=1S/C55H86N2O15/c1-11-12-26-70-54(65)57(67)43-31-41-23-21-39(8)55(66,72-41)51(62)52(63)56-25-17-16-20-42(56)53(64)71-46(36(5)29-40-22-24-44(58)47(30-40)68-9)32-45(59)35(4)28-38(7)49(61)50(69-10)48(60)37(6)27-33(2)18-14-13-15-19-34(43)3/h13-15,18-19,28,33,35-37,39-44,46-47,49-50,58,61,66-67H,11-12,16-17,20-27,29-32H2,1-10H3/b15-13+,18-14+,34-19+,38-28+/t33-,35-,36-,37-,39-,40+,41+,42+,43-,44-,46+,47-,49-,50+,55-/m1/s1. The molecular weight excluding hydrogens is 929 g/mol. The lowest BCUT2D eigenvalue weighted by Gasteiger charge is -2.43. The maximum absolute atomic E-state index is 14.5. The average Bonchev–Trinajstić information content (AvgIpc) is 3.35. The van der Waals surface area contributed by atoms with Crippen LogP contribution in [0.15, 0.2) is 47.6 Å². The Labute approximate surface area is 427 Å². The van der Waals surface area contributed by atoms with Gasteiger partial charge in [-0.2, -0.15) is 5.06 Å². The van der Waals surface area contributed by atoms with Gasteiger partial charge in [-0.1, -0.05) is 84.4 Å². The number of hydrogen-bond acceptors (Lipinski definition) is 15. The van der Waals surface area contributed by atoms with Crippen LogP contribution in [0.4, 0.5) is 4.79 Å². The Morgan fingerprint density at radius 3 is 2.32 bits per heavy atom. The number of esters is 1. The summed E-state index contributed by atoms with van der Waals surface area (Å²) >= 11 is 0. The van der Waals surface area contributed by atoms with E-state index in [1.165, 1.54) is 7.11 Å². The van der Waals surface area contributed by atoms with Crippen LogP contribution in [-0.4, -0.2) is 148 Å². The number of aliphatic hydroxyl groups excluding tert-OH is 2. The van der Waals surface area contributed by atoms with E-state index in [1.54, 1.807) is 66.0 Å². The zero-order valence-electron chi connectivity index (χ0n) is 44.5. The van der Waals surface area contributed by atoms with Crippen molar-refractivity contribution in [3.05, 3.63) is 47.6 Å². The predicted octanol–water partition coefficient (Wildman–Crippen LogP) is 7.16. The number of ether oxygens (including phenoxy) is 5. The van der Waals surface area contributed by atoms with Gasteiger partial charge in [0.2, 0.25) is 5.79 Å². The molecule has 1 aliphatic carbocycles. The Balaban J connectivity index is 1.75. The highest BCUT2D eigenvalue weighted by Crippen LogP contribution is 2.38. The fourth-order valence-corrected chi connectivity index (χ4v) is 10.6. The molecule has 0 aromatic heterocycles. The number of hydrogen-bond donors (Lipinski definition) is 4. The normalized spacial score (nSPS) is 37.5. The molecule has 4 aliphatic rings. The number of methoxy groups -OCH3 is 2. The van der Waals surface area contributed by atoms with Gasteiger partial charge in [-0.05, 0) is 113 Å². The molecule has 406 valence electrons. The summed E-state index contributed by atoms with van der Waals surface area (Å²) in [4.78, 5) is 85.5. The fraction of sp³-hybridized carbons (Fsp3) is 0.745. The van der Waals surface area contributed by atoms with Crippen LogP contribution >= 0.6 is 0 Å². The third kappa shape index (κ3) is 16.2. The maximum Gasteiger partial charge on any atom is 0.434 e. The number of Topliss-reactive ketones (excluding diaryl/α,β-unsaturated/α-hetero) is 3. The maximum atomic E-state index is 14.5. The minimum Gasteiger partial charge on any atom is -0.460 e. The molecule has 3 heterocycles. The van der Waals surface area contributed by atoms with Gasteiger partial charge in [-0.15, -0.1) is 0 Å². The van der Waals surface area contributed by atoms with E-state index in [0.717, 1.165) is 11.3 Å². The van der Waals surface area contributed by atoms with E-state index in [0.29, 0.717) is 74.0 Å². The van der Waals surface area contributed by atoms with E-state index in [2.05, 4.69) is 0 Å². The van der Waals surface area contributed by atoms with Gasteiger partial charge in [0.15, 0.2) is 5.78 Å². The summed E-state index contributed by atoms with van der Waals surface area (Å²) in [6.45, 7) is 14.2. The third-order valence-electron chi connectivity index (χ3n) is 15.4. The second kappa shape index (κ2) is 28.5. The molecule has 4 rings (SSSR count). The number of carbonyl (C=O) groups excluding carboxylic acids is 6. The summed E-state index contributed by atoms with van der Waals surface area (Å²) in [5.41, 5.74) is 0.870. The molecule has 2 saturated heterocycles. The smallest absolute Gasteiger partial charge is 0.434 e. The van der Waals surface area contributed by atoms with Crippen LogP contribution in [0.2, 0.25) is 0 Å². The van der Waals surface area contributed by atoms with Gasteiger partial charge in [0.05, 0.1) is 31.0 Å². The number of rotatable bonds is 9. The van der Waals surface area contributed by atoms with Gasteiger partial charge in [0.25, 0.3) is 11.7 Å². The van der Waals surface area contributed by atoms with Gasteiger partial charge in [0, 0.05) is 51.4 Å². The molecule has 4 N–H and O–H groups in total. The topological polar surface area (TPSA) is 236 Å². The summed E-state index contributed by atoms with van der Waals surface area (Å²) in [6.07, 6.45) is 9.56. The van der Waals surface area contributed by atoms with Gasteiger partial charge >= 0.3 is 12.1 Å². The van der Waals surface area contributed by atoms with Crippen molar-refractivity contribution in [2.75, 3.05) is 27.4 Å². The number of allylic oxidation sites excluding steroid dienone is 6. The lowest BCUT2D eigenvalue weighted by molar-refractivity contribution is -0.266. The number of carbonyl (C=O) groups is 6. The number of piperidine rings is 1. The van der Waals surface area contributed by atoms with E-state index in [-0.39, 0.29) is 74.3 Å². The number of nitrogens with zero attached hydrogens (tertiary/aromatic N) is 2. The van der Waals surface area contributed by atoms with Crippen LogP contribution in [-0.2, 0) is 47.7 Å². The molecular formula is C55H86N2O15. The van der Waals surface area contributed by atoms with Crippen molar-refractivity contribution in [2.45, 2.75) is 200 Å². The van der Waals surface area contributed by atoms with Gasteiger partial charge in [-0.3, -0.25) is 24.4 Å². The van der Waals surface area contributed by atoms with E-state index in [9.17, 15) is 49.3 Å². The van der Waals surface area contributed by atoms with Crippen LogP contribution in [0.1, 0.15) is 145 Å². The first-order valence-corrected chi connectivity index (χ1v) is 26.4. The predicted molar refractivity (Wildman–Crippen MR) is 268 cm³/mol. The van der Waals surface area contributed by atoms with Crippen LogP contribution in [0.5, 0.6) is 0 Å². The lowest BCUT2D eigenvalue weighted by Crippen LogP contribution is -2.61. The molecule has 0 aromatic rings. The highest BCUT2D eigenvalue weighted by atomic mass is 16.6. The summed E-state index contributed by atoms with van der Waals surface area (Å²) in [5, 5.41) is 45.9. The molecule has 2 amide bonds. The van der Waals surface area contributed by atoms with Crippen molar-refractivity contribution in [3.63, 3.8) is 0 Å². The first-order valence-electron chi connectivity index (χ1n) is 26.4. The summed E-state index contributed by atoms with van der Waals surface area (Å²) in [7, 11) is 2.90. The Hall–Kier alpha value is -4.10. The van der Waals surface area contributed by atoms with Crippen LogP contribution in [0, 0.1) is 35.5 Å². The van der Waals surface area contributed by atoms with Gasteiger partial charge < -0.3 is 43.9 Å². The second-order valence-electron chi connectivity index (χ2n) is 21.2. The summed E-state index contributed by atoms with van der Waals surface area (Å²) < 4.78 is 28.9. The molecule has 0 spiro atoms. The molecule has 3 aliphatic heterocycles. The zero-order valence-corrected chi connectivity index (χ0v) is 44.5. The molecule has 15 atom stereocenters. The van der Waals surface area contributed by atoms with Crippen LogP contribution < -0.4 is 0 Å². The van der Waals surface area contributed by atoms with E-state index in [1.807, 2.05) is 32.9 Å². The van der Waals surface area contributed by atoms with Crippen molar-refractivity contribution in [3.8, 4) is 0 Å². The monoisotopic (exact) mass is 1010 g/mol. The third-order valence-corrected chi connectivity index (χ3v) is 15.4. The quantitative estimate of drug-likeness (QED) is 0.0448. The number of unbranched alkanes of at least 4 members (excludes halogenated alkanes) is 1. The fourth-order valence-electron chi connectivity index (χ4n) is 10.6. The number of hydroxylamine groups is 2. The Morgan fingerprint density at radius 1 is 0.917 bits per heavy atom. The second-order valence-corrected chi connectivity index (χ2v) is 21.2. The Morgan fingerprint density at radius 2 is 1.64 bits per heavy atom. The van der Waals surface area contributed by atoms with Crippen LogP contribution in [0.3, 0.4) is 0 Å².